The molecule has 0 aliphatic carbocycles. The molecule has 0 bridgehead atoms. The number of nitrogen functional groups attached to an aromatic ring is 1. The second-order valence-corrected chi connectivity index (χ2v) is 6.72. The van der Waals surface area contributed by atoms with Crippen LogP contribution in [0.1, 0.15) is 20.8 Å². The molecule has 1 amide bonds. The van der Waals surface area contributed by atoms with Crippen LogP contribution in [0.4, 0.5) is 5.82 Å². The zero-order chi connectivity index (χ0) is 15.5. The monoisotopic (exact) mass is 303 g/mol. The van der Waals surface area contributed by atoms with E-state index in [1.807, 2.05) is 13.8 Å². The standard InChI is InChI=1S/C11H21N5O3S/c1-7(2)5-13-11(17)8(3)15-20(18,19)9-6-16(4)14-10(9)12/h6-8,15H,5H2,1-4H3,(H2,12,14)(H,13,17). The summed E-state index contributed by atoms with van der Waals surface area (Å²) < 4.78 is 27.8. The van der Waals surface area contributed by atoms with Gasteiger partial charge in [-0.2, -0.15) is 9.82 Å². The minimum Gasteiger partial charge on any atom is -0.381 e. The molecule has 8 nitrogen and oxygen atoms in total. The van der Waals surface area contributed by atoms with Crippen molar-refractivity contribution in [3.8, 4) is 0 Å². The second-order valence-electron chi connectivity index (χ2n) is 5.03. The molecule has 1 atom stereocenters. The van der Waals surface area contributed by atoms with Gasteiger partial charge in [-0.1, -0.05) is 13.8 Å². The van der Waals surface area contributed by atoms with Gasteiger partial charge in [0.15, 0.2) is 5.82 Å². The Labute approximate surface area is 118 Å². The van der Waals surface area contributed by atoms with Crippen molar-refractivity contribution in [3.05, 3.63) is 6.20 Å². The van der Waals surface area contributed by atoms with E-state index in [1.165, 1.54) is 17.8 Å². The average molecular weight is 303 g/mol. The summed E-state index contributed by atoms with van der Waals surface area (Å²) >= 11 is 0. The van der Waals surface area contributed by atoms with E-state index >= 15 is 0 Å². The van der Waals surface area contributed by atoms with E-state index < -0.39 is 16.1 Å². The molecule has 1 heterocycles. The van der Waals surface area contributed by atoms with Gasteiger partial charge in [0, 0.05) is 19.8 Å². The number of anilines is 1. The summed E-state index contributed by atoms with van der Waals surface area (Å²) in [5.74, 6) is -0.198. The first kappa shape index (κ1) is 16.4. The molecule has 114 valence electrons. The van der Waals surface area contributed by atoms with E-state index in [2.05, 4.69) is 15.1 Å². The number of hydrogen-bond donors (Lipinski definition) is 3. The number of nitrogens with two attached hydrogens (primary N) is 1. The number of nitrogens with one attached hydrogen (secondary N) is 2. The zero-order valence-electron chi connectivity index (χ0n) is 12.0. The third kappa shape index (κ3) is 4.20. The van der Waals surface area contributed by atoms with Crippen molar-refractivity contribution in [2.45, 2.75) is 31.7 Å². The maximum absolute atomic E-state index is 12.1. The van der Waals surface area contributed by atoms with Gasteiger partial charge in [-0.15, -0.1) is 0 Å². The highest BCUT2D eigenvalue weighted by Crippen LogP contribution is 2.15. The van der Waals surface area contributed by atoms with Gasteiger partial charge >= 0.3 is 0 Å². The highest BCUT2D eigenvalue weighted by Gasteiger charge is 2.25. The van der Waals surface area contributed by atoms with Crippen LogP contribution in [-0.2, 0) is 21.9 Å². The predicted octanol–water partition coefficient (Wildman–Crippen LogP) is -0.559. The van der Waals surface area contributed by atoms with Crippen molar-refractivity contribution >= 4 is 21.7 Å². The van der Waals surface area contributed by atoms with Crippen LogP contribution in [0.25, 0.3) is 0 Å². The number of aromatic nitrogens is 2. The van der Waals surface area contributed by atoms with Crippen molar-refractivity contribution in [3.63, 3.8) is 0 Å². The Kier molecular flexibility index (Phi) is 5.12. The summed E-state index contributed by atoms with van der Waals surface area (Å²) in [4.78, 5) is 11.6. The van der Waals surface area contributed by atoms with E-state index in [9.17, 15) is 13.2 Å². The first-order chi connectivity index (χ1) is 9.13. The number of amides is 1. The van der Waals surface area contributed by atoms with Crippen molar-refractivity contribution < 1.29 is 13.2 Å². The lowest BCUT2D eigenvalue weighted by molar-refractivity contribution is -0.122. The maximum Gasteiger partial charge on any atom is 0.246 e. The van der Waals surface area contributed by atoms with Gasteiger partial charge in [0.05, 0.1) is 6.04 Å². The van der Waals surface area contributed by atoms with Crippen LogP contribution in [0, 0.1) is 5.92 Å². The van der Waals surface area contributed by atoms with Crippen molar-refractivity contribution in [2.75, 3.05) is 12.3 Å². The molecule has 0 fully saturated rings. The van der Waals surface area contributed by atoms with Crippen molar-refractivity contribution in [1.29, 1.82) is 0 Å². The number of hydrogen-bond acceptors (Lipinski definition) is 5. The lowest BCUT2D eigenvalue weighted by Gasteiger charge is -2.15. The summed E-state index contributed by atoms with van der Waals surface area (Å²) in [7, 11) is -2.31. The van der Waals surface area contributed by atoms with E-state index in [0.717, 1.165) is 0 Å². The Morgan fingerprint density at radius 1 is 1.45 bits per heavy atom. The fraction of sp³-hybridized carbons (Fsp3) is 0.636. The molecule has 0 saturated heterocycles. The molecular weight excluding hydrogens is 282 g/mol. The molecule has 0 aromatic carbocycles. The molecule has 0 spiro atoms. The summed E-state index contributed by atoms with van der Waals surface area (Å²) in [6.45, 7) is 5.86. The highest BCUT2D eigenvalue weighted by molar-refractivity contribution is 7.89. The molecule has 0 radical (unpaired) electrons. The van der Waals surface area contributed by atoms with E-state index in [-0.39, 0.29) is 22.5 Å². The summed E-state index contributed by atoms with van der Waals surface area (Å²) in [5.41, 5.74) is 5.53. The first-order valence-corrected chi connectivity index (χ1v) is 7.71. The molecule has 0 saturated carbocycles. The summed E-state index contributed by atoms with van der Waals surface area (Å²) in [5, 5.41) is 6.42. The highest BCUT2D eigenvalue weighted by atomic mass is 32.2. The van der Waals surface area contributed by atoms with Gasteiger partial charge in [0.2, 0.25) is 15.9 Å². The molecule has 4 N–H and O–H groups in total. The number of sulfonamides is 1. The van der Waals surface area contributed by atoms with Crippen LogP contribution in [0.2, 0.25) is 0 Å². The van der Waals surface area contributed by atoms with Gasteiger partial charge in [-0.3, -0.25) is 9.48 Å². The average Bonchev–Trinajstić information content (AvgIpc) is 2.65. The van der Waals surface area contributed by atoms with Gasteiger partial charge < -0.3 is 11.1 Å². The Hall–Kier alpha value is -1.61. The molecule has 0 aliphatic rings. The van der Waals surface area contributed by atoms with Gasteiger partial charge in [0.25, 0.3) is 0 Å². The van der Waals surface area contributed by atoms with Crippen LogP contribution >= 0.6 is 0 Å². The van der Waals surface area contributed by atoms with Crippen molar-refractivity contribution in [1.82, 2.24) is 19.8 Å². The van der Waals surface area contributed by atoms with E-state index in [0.29, 0.717) is 6.54 Å². The zero-order valence-corrected chi connectivity index (χ0v) is 12.9. The van der Waals surface area contributed by atoms with Gasteiger partial charge in [-0.25, -0.2) is 8.42 Å². The first-order valence-electron chi connectivity index (χ1n) is 6.22. The van der Waals surface area contributed by atoms with E-state index in [4.69, 9.17) is 5.73 Å². The third-order valence-electron chi connectivity index (χ3n) is 2.52. The Morgan fingerprint density at radius 3 is 2.50 bits per heavy atom. The molecule has 1 rings (SSSR count). The van der Waals surface area contributed by atoms with Crippen LogP contribution < -0.4 is 15.8 Å². The molecule has 20 heavy (non-hydrogen) atoms. The Balaban J connectivity index is 2.76. The molecule has 1 aromatic heterocycles. The SMILES string of the molecule is CC(C)CNC(=O)C(C)NS(=O)(=O)c1cn(C)nc1N. The smallest absolute Gasteiger partial charge is 0.246 e. The van der Waals surface area contributed by atoms with Crippen LogP contribution in [-0.4, -0.2) is 36.7 Å². The van der Waals surface area contributed by atoms with Crippen LogP contribution in [0.15, 0.2) is 11.1 Å². The Bertz CT molecular complexity index is 579. The second kappa shape index (κ2) is 6.23. The number of aryl methyl sites for hydroxylation is 1. The predicted molar refractivity (Wildman–Crippen MR) is 75.3 cm³/mol. The lowest BCUT2D eigenvalue weighted by Crippen LogP contribution is -2.45. The normalized spacial score (nSPS) is 13.4. The molecule has 9 heteroatoms. The summed E-state index contributed by atoms with van der Waals surface area (Å²) in [6, 6.07) is -0.890. The summed E-state index contributed by atoms with van der Waals surface area (Å²) in [6.07, 6.45) is 1.29. The number of nitrogens with zero attached hydrogens (tertiary/aromatic N) is 2. The minimum absolute atomic E-state index is 0.102. The fourth-order valence-corrected chi connectivity index (χ4v) is 2.81. The van der Waals surface area contributed by atoms with Gasteiger partial charge in [0.1, 0.15) is 4.90 Å². The lowest BCUT2D eigenvalue weighted by atomic mass is 10.2. The largest absolute Gasteiger partial charge is 0.381 e. The maximum atomic E-state index is 12.1. The van der Waals surface area contributed by atoms with Crippen LogP contribution in [0.5, 0.6) is 0 Å². The number of rotatable bonds is 6. The molecule has 1 aromatic rings. The van der Waals surface area contributed by atoms with Crippen molar-refractivity contribution in [2.24, 2.45) is 13.0 Å². The minimum atomic E-state index is -3.87. The quantitative estimate of drug-likeness (QED) is 0.651. The topological polar surface area (TPSA) is 119 Å². The Morgan fingerprint density at radius 2 is 2.05 bits per heavy atom. The molecule has 0 aliphatic heterocycles. The third-order valence-corrected chi connectivity index (χ3v) is 4.08. The fourth-order valence-electron chi connectivity index (χ4n) is 1.50. The van der Waals surface area contributed by atoms with E-state index in [1.54, 1.807) is 7.05 Å². The van der Waals surface area contributed by atoms with Gasteiger partial charge in [-0.05, 0) is 12.8 Å². The molecular formula is C11H21N5O3S. The van der Waals surface area contributed by atoms with Crippen LogP contribution in [0.3, 0.4) is 0 Å². The molecule has 1 unspecified atom stereocenters. The number of carbonyl (C=O) groups is 1. The number of carbonyl (C=O) groups excluding carboxylic acids is 1.